The molecule has 1 aromatic carbocycles. The summed E-state index contributed by atoms with van der Waals surface area (Å²) in [6, 6.07) is 10.3. The average molecular weight is 287 g/mol. The maximum Gasteiger partial charge on any atom is 0.123 e. The van der Waals surface area contributed by atoms with Gasteiger partial charge in [-0.15, -0.1) is 0 Å². The third-order valence-corrected chi connectivity index (χ3v) is 3.95. The number of nitrogens with zero attached hydrogens (tertiary/aromatic N) is 2. The van der Waals surface area contributed by atoms with Gasteiger partial charge in [0.05, 0.1) is 18.8 Å². The minimum absolute atomic E-state index is 0.105. The van der Waals surface area contributed by atoms with Crippen molar-refractivity contribution >= 4 is 0 Å². The number of hydrogen-bond donors (Lipinski definition) is 1. The number of nitrogens with two attached hydrogens (primary N) is 1. The molecule has 1 atom stereocenters. The van der Waals surface area contributed by atoms with E-state index in [0.717, 1.165) is 29.8 Å². The molecule has 1 aromatic heterocycles. The Hall–Kier alpha value is -1.81. The number of methoxy groups -OCH3 is 1. The van der Waals surface area contributed by atoms with Gasteiger partial charge < -0.3 is 10.5 Å². The van der Waals surface area contributed by atoms with Gasteiger partial charge in [-0.25, -0.2) is 0 Å². The van der Waals surface area contributed by atoms with E-state index in [9.17, 15) is 0 Å². The smallest absolute Gasteiger partial charge is 0.123 e. The van der Waals surface area contributed by atoms with Crippen molar-refractivity contribution in [2.24, 2.45) is 5.73 Å². The van der Waals surface area contributed by atoms with Crippen LogP contribution < -0.4 is 10.5 Å². The van der Waals surface area contributed by atoms with Gasteiger partial charge in [0, 0.05) is 24.2 Å². The van der Waals surface area contributed by atoms with E-state index in [1.807, 2.05) is 24.3 Å². The van der Waals surface area contributed by atoms with Crippen molar-refractivity contribution in [2.45, 2.75) is 45.2 Å². The van der Waals surface area contributed by atoms with Crippen LogP contribution in [0.15, 0.2) is 36.5 Å². The Balaban J connectivity index is 2.11. The van der Waals surface area contributed by atoms with Gasteiger partial charge in [0.1, 0.15) is 5.75 Å². The molecule has 0 spiro atoms. The molecule has 114 valence electrons. The van der Waals surface area contributed by atoms with Crippen molar-refractivity contribution in [3.05, 3.63) is 47.8 Å². The summed E-state index contributed by atoms with van der Waals surface area (Å²) in [7, 11) is 1.67. The van der Waals surface area contributed by atoms with Crippen molar-refractivity contribution in [1.82, 2.24) is 9.78 Å². The highest BCUT2D eigenvalue weighted by Crippen LogP contribution is 2.25. The summed E-state index contributed by atoms with van der Waals surface area (Å²) in [6.07, 6.45) is 4.96. The summed E-state index contributed by atoms with van der Waals surface area (Å²) in [5, 5.41) is 4.67. The van der Waals surface area contributed by atoms with Crippen LogP contribution in [0, 0.1) is 0 Å². The monoisotopic (exact) mass is 287 g/mol. The fourth-order valence-electron chi connectivity index (χ4n) is 2.66. The highest BCUT2D eigenvalue weighted by Gasteiger charge is 2.14. The third kappa shape index (κ3) is 3.64. The van der Waals surface area contributed by atoms with Crippen molar-refractivity contribution in [3.8, 4) is 5.75 Å². The second-order valence-corrected chi connectivity index (χ2v) is 5.31. The van der Waals surface area contributed by atoms with Gasteiger partial charge >= 0.3 is 0 Å². The summed E-state index contributed by atoms with van der Waals surface area (Å²) in [5.41, 5.74) is 8.38. The molecule has 1 unspecified atom stereocenters. The third-order valence-electron chi connectivity index (χ3n) is 3.95. The maximum absolute atomic E-state index is 6.32. The van der Waals surface area contributed by atoms with Crippen LogP contribution in [-0.2, 0) is 6.42 Å². The molecule has 21 heavy (non-hydrogen) atoms. The number of rotatable bonds is 7. The van der Waals surface area contributed by atoms with E-state index in [2.05, 4.69) is 35.9 Å². The van der Waals surface area contributed by atoms with Gasteiger partial charge in [0.2, 0.25) is 0 Å². The van der Waals surface area contributed by atoms with Crippen LogP contribution in [0.4, 0.5) is 0 Å². The molecule has 0 saturated carbocycles. The number of aromatic nitrogens is 2. The Labute approximate surface area is 126 Å². The maximum atomic E-state index is 6.32. The average Bonchev–Trinajstić information content (AvgIpc) is 2.96. The molecule has 0 aliphatic heterocycles. The van der Waals surface area contributed by atoms with Crippen LogP contribution >= 0.6 is 0 Å². The Morgan fingerprint density at radius 2 is 1.90 bits per heavy atom. The van der Waals surface area contributed by atoms with E-state index in [4.69, 9.17) is 10.5 Å². The minimum Gasteiger partial charge on any atom is -0.496 e. The lowest BCUT2D eigenvalue weighted by molar-refractivity contribution is 0.404. The van der Waals surface area contributed by atoms with Crippen LogP contribution in [0.2, 0.25) is 0 Å². The summed E-state index contributed by atoms with van der Waals surface area (Å²) in [6.45, 7) is 4.38. The van der Waals surface area contributed by atoms with Crippen LogP contribution in [0.1, 0.15) is 50.0 Å². The first kappa shape index (κ1) is 15.6. The number of ether oxygens (including phenoxy) is 1. The Bertz CT molecular complexity index is 561. The summed E-state index contributed by atoms with van der Waals surface area (Å²) < 4.78 is 7.44. The first-order valence-electron chi connectivity index (χ1n) is 7.62. The molecule has 4 heteroatoms. The first-order valence-corrected chi connectivity index (χ1v) is 7.62. The standard InChI is InChI=1S/C17H25N3O/c1-4-14(5-2)20-11-10-13(19-20)12-16(18)15-8-6-7-9-17(15)21-3/h6-11,14,16H,4-5,12,18H2,1-3H3. The molecule has 0 saturated heterocycles. The van der Waals surface area contributed by atoms with Crippen molar-refractivity contribution < 1.29 is 4.74 Å². The SMILES string of the molecule is CCC(CC)n1ccc(CC(N)c2ccccc2OC)n1. The van der Waals surface area contributed by atoms with E-state index in [0.29, 0.717) is 12.5 Å². The molecule has 2 rings (SSSR count). The lowest BCUT2D eigenvalue weighted by atomic mass is 10.0. The Morgan fingerprint density at radius 3 is 2.57 bits per heavy atom. The zero-order valence-electron chi connectivity index (χ0n) is 13.1. The van der Waals surface area contributed by atoms with Gasteiger partial charge in [-0.3, -0.25) is 4.68 Å². The van der Waals surface area contributed by atoms with Crippen molar-refractivity contribution in [1.29, 1.82) is 0 Å². The molecule has 0 aliphatic carbocycles. The van der Waals surface area contributed by atoms with Gasteiger partial charge in [-0.1, -0.05) is 32.0 Å². The van der Waals surface area contributed by atoms with E-state index >= 15 is 0 Å². The van der Waals surface area contributed by atoms with Gasteiger partial charge in [0.25, 0.3) is 0 Å². The fourth-order valence-corrected chi connectivity index (χ4v) is 2.66. The van der Waals surface area contributed by atoms with Gasteiger partial charge in [-0.2, -0.15) is 5.10 Å². The molecule has 0 fully saturated rings. The Morgan fingerprint density at radius 1 is 1.19 bits per heavy atom. The van der Waals surface area contributed by atoms with Crippen LogP contribution in [0.3, 0.4) is 0 Å². The molecule has 0 bridgehead atoms. The van der Waals surface area contributed by atoms with Crippen LogP contribution in [0.25, 0.3) is 0 Å². The number of benzene rings is 1. The summed E-state index contributed by atoms with van der Waals surface area (Å²) in [4.78, 5) is 0. The molecule has 4 nitrogen and oxygen atoms in total. The predicted octanol–water partition coefficient (Wildman–Crippen LogP) is 3.50. The molecular weight excluding hydrogens is 262 g/mol. The van der Waals surface area contributed by atoms with Gasteiger partial charge in [-0.05, 0) is 25.0 Å². The lowest BCUT2D eigenvalue weighted by Crippen LogP contribution is -2.15. The van der Waals surface area contributed by atoms with Gasteiger partial charge in [0.15, 0.2) is 0 Å². The fraction of sp³-hybridized carbons (Fsp3) is 0.471. The zero-order chi connectivity index (χ0) is 15.2. The first-order chi connectivity index (χ1) is 10.2. The molecule has 1 heterocycles. The van der Waals surface area contributed by atoms with Crippen LogP contribution in [-0.4, -0.2) is 16.9 Å². The zero-order valence-corrected chi connectivity index (χ0v) is 13.1. The summed E-state index contributed by atoms with van der Waals surface area (Å²) in [5.74, 6) is 0.837. The topological polar surface area (TPSA) is 53.1 Å². The van der Waals surface area contributed by atoms with Crippen LogP contribution in [0.5, 0.6) is 5.75 Å². The molecular formula is C17H25N3O. The molecule has 0 aliphatic rings. The number of para-hydroxylation sites is 1. The molecule has 0 amide bonds. The lowest BCUT2D eigenvalue weighted by Gasteiger charge is -2.15. The quantitative estimate of drug-likeness (QED) is 0.848. The predicted molar refractivity (Wildman–Crippen MR) is 85.5 cm³/mol. The highest BCUT2D eigenvalue weighted by molar-refractivity contribution is 5.36. The normalized spacial score (nSPS) is 12.6. The van der Waals surface area contributed by atoms with Crippen molar-refractivity contribution in [3.63, 3.8) is 0 Å². The second kappa shape index (κ2) is 7.27. The van der Waals surface area contributed by atoms with Crippen molar-refractivity contribution in [2.75, 3.05) is 7.11 Å². The second-order valence-electron chi connectivity index (χ2n) is 5.31. The molecule has 2 N–H and O–H groups in total. The Kier molecular flexibility index (Phi) is 5.39. The van der Waals surface area contributed by atoms with E-state index in [-0.39, 0.29) is 6.04 Å². The van der Waals surface area contributed by atoms with E-state index in [1.54, 1.807) is 7.11 Å². The van der Waals surface area contributed by atoms with E-state index in [1.165, 1.54) is 0 Å². The summed E-state index contributed by atoms with van der Waals surface area (Å²) >= 11 is 0. The molecule has 0 radical (unpaired) electrons. The number of hydrogen-bond acceptors (Lipinski definition) is 3. The molecule has 2 aromatic rings. The van der Waals surface area contributed by atoms with E-state index < -0.39 is 0 Å². The minimum atomic E-state index is -0.105. The largest absolute Gasteiger partial charge is 0.496 e. The highest BCUT2D eigenvalue weighted by atomic mass is 16.5.